The molecule has 2 rings (SSSR count). The van der Waals surface area contributed by atoms with Crippen LogP contribution in [-0.4, -0.2) is 55.6 Å². The van der Waals surface area contributed by atoms with Crippen LogP contribution in [0, 0.1) is 0 Å². The first-order valence-electron chi connectivity index (χ1n) is 7.55. The molecule has 1 amide bonds. The highest BCUT2D eigenvalue weighted by molar-refractivity contribution is 5.76. The molecule has 0 unspecified atom stereocenters. The molecule has 1 aliphatic rings. The lowest BCUT2D eigenvalue weighted by Crippen LogP contribution is -2.35. The Morgan fingerprint density at radius 3 is 2.70 bits per heavy atom. The minimum atomic E-state index is -4.33. The van der Waals surface area contributed by atoms with E-state index in [4.69, 9.17) is 4.74 Å². The average molecular weight is 330 g/mol. The highest BCUT2D eigenvalue weighted by Crippen LogP contribution is 2.29. The summed E-state index contributed by atoms with van der Waals surface area (Å²) in [7, 11) is 1.59. The maximum absolute atomic E-state index is 12.8. The van der Waals surface area contributed by atoms with Crippen molar-refractivity contribution >= 4 is 5.91 Å². The molecule has 0 aromatic heterocycles. The van der Waals surface area contributed by atoms with E-state index in [1.165, 1.54) is 12.1 Å². The molecule has 128 valence electrons. The maximum Gasteiger partial charge on any atom is 0.416 e. The van der Waals surface area contributed by atoms with E-state index in [1.54, 1.807) is 18.1 Å². The fourth-order valence-electron chi connectivity index (χ4n) is 2.61. The van der Waals surface area contributed by atoms with Crippen molar-refractivity contribution in [1.29, 1.82) is 0 Å². The molecule has 1 heterocycles. The third kappa shape index (κ3) is 5.21. The van der Waals surface area contributed by atoms with Crippen LogP contribution in [0.3, 0.4) is 0 Å². The van der Waals surface area contributed by atoms with Crippen molar-refractivity contribution in [2.24, 2.45) is 0 Å². The van der Waals surface area contributed by atoms with Crippen LogP contribution in [0.2, 0.25) is 0 Å². The van der Waals surface area contributed by atoms with Crippen molar-refractivity contribution in [2.45, 2.75) is 19.1 Å². The topological polar surface area (TPSA) is 32.8 Å². The first-order chi connectivity index (χ1) is 10.9. The number of carbonyl (C=O) groups excluding carboxylic acids is 1. The van der Waals surface area contributed by atoms with E-state index in [-0.39, 0.29) is 5.91 Å². The van der Waals surface area contributed by atoms with E-state index in [9.17, 15) is 18.0 Å². The van der Waals surface area contributed by atoms with Gasteiger partial charge in [-0.1, -0.05) is 18.2 Å². The second-order valence-electron chi connectivity index (χ2n) is 5.60. The van der Waals surface area contributed by atoms with Crippen LogP contribution in [0.25, 0.3) is 0 Å². The van der Waals surface area contributed by atoms with Crippen LogP contribution < -0.4 is 0 Å². The third-order valence-corrected chi connectivity index (χ3v) is 3.91. The van der Waals surface area contributed by atoms with Gasteiger partial charge < -0.3 is 9.64 Å². The number of hydrogen-bond donors (Lipinski definition) is 0. The monoisotopic (exact) mass is 330 g/mol. The lowest BCUT2D eigenvalue weighted by atomic mass is 10.1. The zero-order valence-electron chi connectivity index (χ0n) is 13.1. The quantitative estimate of drug-likeness (QED) is 0.831. The number of methoxy groups -OCH3 is 1. The van der Waals surface area contributed by atoms with Gasteiger partial charge in [-0.15, -0.1) is 0 Å². The van der Waals surface area contributed by atoms with Crippen LogP contribution in [0.1, 0.15) is 17.5 Å². The van der Waals surface area contributed by atoms with Gasteiger partial charge in [-0.25, -0.2) is 0 Å². The van der Waals surface area contributed by atoms with Crippen molar-refractivity contribution in [2.75, 3.05) is 39.9 Å². The number of halogens is 3. The lowest BCUT2D eigenvalue weighted by molar-refractivity contribution is -0.137. The molecule has 4 nitrogen and oxygen atoms in total. The summed E-state index contributed by atoms with van der Waals surface area (Å²) in [4.78, 5) is 15.8. The zero-order valence-corrected chi connectivity index (χ0v) is 13.1. The summed E-state index contributed by atoms with van der Waals surface area (Å²) in [6, 6.07) is 5.36. The number of hydrogen-bond acceptors (Lipinski definition) is 3. The molecule has 0 atom stereocenters. The number of rotatable bonds is 5. The van der Waals surface area contributed by atoms with Crippen molar-refractivity contribution in [1.82, 2.24) is 9.80 Å². The number of benzene rings is 1. The predicted octanol–water partition coefficient (Wildman–Crippen LogP) is 2.39. The molecule has 0 saturated carbocycles. The lowest BCUT2D eigenvalue weighted by Gasteiger charge is -2.22. The van der Waals surface area contributed by atoms with Gasteiger partial charge in [0.25, 0.3) is 0 Å². The first kappa shape index (κ1) is 17.7. The van der Waals surface area contributed by atoms with Gasteiger partial charge in [0.1, 0.15) is 0 Å². The molecule has 1 aromatic rings. The number of carbonyl (C=O) groups is 1. The Morgan fingerprint density at radius 1 is 1.22 bits per heavy atom. The Labute approximate surface area is 133 Å². The molecule has 23 heavy (non-hydrogen) atoms. The van der Waals surface area contributed by atoms with Gasteiger partial charge in [-0.2, -0.15) is 13.2 Å². The van der Waals surface area contributed by atoms with Crippen LogP contribution in [0.15, 0.2) is 24.3 Å². The molecule has 1 saturated heterocycles. The fraction of sp³-hybridized carbons (Fsp3) is 0.562. The maximum atomic E-state index is 12.8. The summed E-state index contributed by atoms with van der Waals surface area (Å²) in [5, 5.41) is 0. The summed E-state index contributed by atoms with van der Waals surface area (Å²) in [5.41, 5.74) is -0.0276. The highest BCUT2D eigenvalue weighted by atomic mass is 19.4. The first-order valence-corrected chi connectivity index (χ1v) is 7.55. The number of amides is 1. The molecule has 0 N–H and O–H groups in total. The summed E-state index contributed by atoms with van der Waals surface area (Å²) in [6.45, 7) is 3.22. The Balaban J connectivity index is 1.97. The molecule has 0 spiro atoms. The molecule has 0 radical (unpaired) electrons. The molecule has 1 aromatic carbocycles. The van der Waals surface area contributed by atoms with Crippen molar-refractivity contribution < 1.29 is 22.7 Å². The fourth-order valence-corrected chi connectivity index (χ4v) is 2.61. The molecule has 1 fully saturated rings. The van der Waals surface area contributed by atoms with Crippen LogP contribution >= 0.6 is 0 Å². The van der Waals surface area contributed by atoms with Gasteiger partial charge in [0.2, 0.25) is 5.91 Å². The Morgan fingerprint density at radius 2 is 2.00 bits per heavy atom. The van der Waals surface area contributed by atoms with Crippen molar-refractivity contribution in [3.8, 4) is 0 Å². The van der Waals surface area contributed by atoms with E-state index in [2.05, 4.69) is 0 Å². The number of nitrogens with zero attached hydrogens (tertiary/aromatic N) is 2. The summed E-state index contributed by atoms with van der Waals surface area (Å²) in [6.07, 6.45) is -3.95. The van der Waals surface area contributed by atoms with Gasteiger partial charge in [-0.05, 0) is 11.6 Å². The molecule has 0 bridgehead atoms. The molecular formula is C16H21F3N2O2. The van der Waals surface area contributed by atoms with Crippen LogP contribution in [-0.2, 0) is 22.3 Å². The van der Waals surface area contributed by atoms with Crippen molar-refractivity contribution in [3.05, 3.63) is 35.4 Å². The number of ether oxygens (including phenoxy) is 1. The molecule has 7 heteroatoms. The molecular weight excluding hydrogens is 309 g/mol. The average Bonchev–Trinajstić information content (AvgIpc) is 2.67. The minimum absolute atomic E-state index is 0.0635. The summed E-state index contributed by atoms with van der Waals surface area (Å²) in [5.74, 6) is 0.0635. The Hall–Kier alpha value is -1.60. The van der Waals surface area contributed by atoms with E-state index in [1.807, 2.05) is 4.90 Å². The van der Waals surface area contributed by atoms with Gasteiger partial charge in [0, 0.05) is 46.3 Å². The second kappa shape index (κ2) is 7.79. The molecule has 1 aliphatic heterocycles. The normalized spacial score (nSPS) is 17.4. The number of alkyl halides is 3. The van der Waals surface area contributed by atoms with E-state index < -0.39 is 11.7 Å². The summed E-state index contributed by atoms with van der Waals surface area (Å²) < 4.78 is 43.3. The van der Waals surface area contributed by atoms with E-state index in [0.717, 1.165) is 6.07 Å². The van der Waals surface area contributed by atoms with E-state index >= 15 is 0 Å². The highest BCUT2D eigenvalue weighted by Gasteiger charge is 2.30. The second-order valence-corrected chi connectivity index (χ2v) is 5.60. The smallest absolute Gasteiger partial charge is 0.383 e. The SMILES string of the molecule is COCCN1CCN(Cc2cccc(C(F)(F)F)c2)CCC1=O. The zero-order chi connectivity index (χ0) is 16.9. The predicted molar refractivity (Wildman–Crippen MR) is 79.8 cm³/mol. The largest absolute Gasteiger partial charge is 0.416 e. The minimum Gasteiger partial charge on any atom is -0.383 e. The summed E-state index contributed by atoms with van der Waals surface area (Å²) >= 11 is 0. The van der Waals surface area contributed by atoms with Crippen molar-refractivity contribution in [3.63, 3.8) is 0 Å². The van der Waals surface area contributed by atoms with Gasteiger partial charge >= 0.3 is 6.18 Å². The Kier molecular flexibility index (Phi) is 6.01. The Bertz CT molecular complexity index is 534. The standard InChI is InChI=1S/C16H21F3N2O2/c1-23-10-9-21-8-7-20(6-5-15(21)22)12-13-3-2-4-14(11-13)16(17,18)19/h2-4,11H,5-10,12H2,1H3. The van der Waals surface area contributed by atoms with E-state index in [0.29, 0.717) is 51.3 Å². The third-order valence-electron chi connectivity index (χ3n) is 3.91. The van der Waals surface area contributed by atoms with Gasteiger partial charge in [0.05, 0.1) is 12.2 Å². The van der Waals surface area contributed by atoms with Gasteiger partial charge in [0.15, 0.2) is 0 Å². The van der Waals surface area contributed by atoms with Crippen LogP contribution in [0.4, 0.5) is 13.2 Å². The van der Waals surface area contributed by atoms with Gasteiger partial charge in [-0.3, -0.25) is 9.69 Å². The van der Waals surface area contributed by atoms with Crippen LogP contribution in [0.5, 0.6) is 0 Å². The molecule has 0 aliphatic carbocycles.